The van der Waals surface area contributed by atoms with Crippen molar-refractivity contribution in [2.24, 2.45) is 0 Å². The van der Waals surface area contributed by atoms with Crippen LogP contribution in [0.3, 0.4) is 0 Å². The van der Waals surface area contributed by atoms with E-state index < -0.39 is 5.60 Å². The number of halogens is 1. The third-order valence-electron chi connectivity index (χ3n) is 4.81. The number of hydrogen-bond acceptors (Lipinski definition) is 7. The predicted octanol–water partition coefficient (Wildman–Crippen LogP) is 5.78. The summed E-state index contributed by atoms with van der Waals surface area (Å²) in [7, 11) is 1.59. The SMILES string of the molecule is Cc1csc(-c2cnc3c(ccn3SI)c2NC2CC(NC(=O)OC(C)(C)C)C2)n1. The highest BCUT2D eigenvalue weighted by Crippen LogP contribution is 2.39. The van der Waals surface area contributed by atoms with Gasteiger partial charge in [0.2, 0.25) is 0 Å². The van der Waals surface area contributed by atoms with Crippen molar-refractivity contribution in [2.45, 2.75) is 58.2 Å². The van der Waals surface area contributed by atoms with Crippen molar-refractivity contribution in [2.75, 3.05) is 5.32 Å². The average Bonchev–Trinajstić information content (AvgIpc) is 3.24. The number of nitrogens with one attached hydrogen (secondary N) is 2. The third kappa shape index (κ3) is 4.70. The summed E-state index contributed by atoms with van der Waals surface area (Å²) in [5.74, 6) is 0. The molecule has 0 bridgehead atoms. The van der Waals surface area contributed by atoms with Crippen LogP contribution in [0.4, 0.5) is 10.5 Å². The molecule has 0 atom stereocenters. The maximum atomic E-state index is 12.0. The van der Waals surface area contributed by atoms with Crippen molar-refractivity contribution in [3.63, 3.8) is 0 Å². The predicted molar refractivity (Wildman–Crippen MR) is 132 cm³/mol. The highest BCUT2D eigenvalue weighted by atomic mass is 127. The summed E-state index contributed by atoms with van der Waals surface area (Å²) in [6, 6.07) is 2.48. The number of rotatable bonds is 5. The van der Waals surface area contributed by atoms with E-state index in [1.165, 1.54) is 0 Å². The smallest absolute Gasteiger partial charge is 0.407 e. The van der Waals surface area contributed by atoms with Gasteiger partial charge in [0.05, 0.1) is 11.3 Å². The van der Waals surface area contributed by atoms with E-state index in [1.807, 2.05) is 44.1 Å². The number of aromatic nitrogens is 3. The van der Waals surface area contributed by atoms with E-state index in [-0.39, 0.29) is 18.2 Å². The largest absolute Gasteiger partial charge is 0.444 e. The fourth-order valence-electron chi connectivity index (χ4n) is 3.45. The molecule has 1 saturated carbocycles. The zero-order chi connectivity index (χ0) is 21.5. The lowest BCUT2D eigenvalue weighted by Gasteiger charge is -2.37. The van der Waals surface area contributed by atoms with E-state index >= 15 is 0 Å². The van der Waals surface area contributed by atoms with Gasteiger partial charge in [0.25, 0.3) is 0 Å². The molecule has 0 radical (unpaired) electrons. The molecule has 7 nitrogen and oxygen atoms in total. The van der Waals surface area contributed by atoms with Crippen molar-refractivity contribution in [3.8, 4) is 10.6 Å². The maximum absolute atomic E-state index is 12.0. The Morgan fingerprint density at radius 3 is 2.77 bits per heavy atom. The quantitative estimate of drug-likeness (QED) is 0.387. The number of anilines is 1. The van der Waals surface area contributed by atoms with Gasteiger partial charge in [0.15, 0.2) is 5.65 Å². The molecule has 1 aliphatic carbocycles. The minimum Gasteiger partial charge on any atom is -0.444 e. The van der Waals surface area contributed by atoms with Crippen LogP contribution in [0.2, 0.25) is 0 Å². The van der Waals surface area contributed by atoms with Gasteiger partial charge in [-0.3, -0.25) is 3.97 Å². The first-order valence-electron chi connectivity index (χ1n) is 9.71. The Balaban J connectivity index is 1.52. The number of nitrogens with zero attached hydrogens (tertiary/aromatic N) is 3. The van der Waals surface area contributed by atoms with E-state index in [9.17, 15) is 4.79 Å². The van der Waals surface area contributed by atoms with Gasteiger partial charge >= 0.3 is 6.09 Å². The molecule has 0 spiro atoms. The highest BCUT2D eigenvalue weighted by molar-refractivity contribution is 14.2. The molecular formula is C20H24IN5O2S2. The van der Waals surface area contributed by atoms with Gasteiger partial charge < -0.3 is 15.4 Å². The van der Waals surface area contributed by atoms with Crippen LogP contribution in [0.15, 0.2) is 23.8 Å². The molecule has 3 aromatic heterocycles. The molecule has 10 heteroatoms. The summed E-state index contributed by atoms with van der Waals surface area (Å²) >= 11 is 3.88. The van der Waals surface area contributed by atoms with E-state index in [2.05, 4.69) is 53.3 Å². The normalized spacial score (nSPS) is 18.8. The molecule has 1 fully saturated rings. The average molecular weight is 557 g/mol. The Morgan fingerprint density at radius 2 is 2.13 bits per heavy atom. The van der Waals surface area contributed by atoms with Crippen LogP contribution < -0.4 is 10.6 Å². The van der Waals surface area contributed by atoms with E-state index in [0.29, 0.717) is 0 Å². The number of fused-ring (bicyclic) bond motifs is 1. The Labute approximate surface area is 196 Å². The first kappa shape index (κ1) is 21.7. The Kier molecular flexibility index (Phi) is 6.18. The van der Waals surface area contributed by atoms with E-state index in [1.54, 1.807) is 20.5 Å². The third-order valence-corrected chi connectivity index (χ3v) is 7.52. The van der Waals surface area contributed by atoms with Crippen LogP contribution in [0.25, 0.3) is 21.6 Å². The van der Waals surface area contributed by atoms with Crippen LogP contribution >= 0.6 is 41.7 Å². The molecule has 0 saturated heterocycles. The van der Waals surface area contributed by atoms with Gasteiger partial charge in [-0.2, -0.15) is 0 Å². The number of ether oxygens (including phenoxy) is 1. The summed E-state index contributed by atoms with van der Waals surface area (Å²) in [6.07, 6.45) is 5.28. The number of amides is 1. The van der Waals surface area contributed by atoms with Crippen LogP contribution in [0.5, 0.6) is 0 Å². The number of thiazole rings is 1. The topological polar surface area (TPSA) is 81.1 Å². The molecule has 0 unspecified atom stereocenters. The lowest BCUT2D eigenvalue weighted by molar-refractivity contribution is 0.0475. The lowest BCUT2D eigenvalue weighted by Crippen LogP contribution is -2.50. The fourth-order valence-corrected chi connectivity index (χ4v) is 5.53. The van der Waals surface area contributed by atoms with Crippen molar-refractivity contribution in [3.05, 3.63) is 29.5 Å². The van der Waals surface area contributed by atoms with Gasteiger partial charge in [0.1, 0.15) is 10.6 Å². The van der Waals surface area contributed by atoms with E-state index in [0.717, 1.165) is 45.8 Å². The Morgan fingerprint density at radius 1 is 1.37 bits per heavy atom. The number of aryl methyl sites for hydroxylation is 1. The number of carbonyl (C=O) groups excluding carboxylic acids is 1. The van der Waals surface area contributed by atoms with Crippen molar-refractivity contribution < 1.29 is 9.53 Å². The number of hydrogen-bond donors (Lipinski definition) is 2. The second-order valence-electron chi connectivity index (χ2n) is 8.44. The molecule has 1 amide bonds. The molecule has 4 rings (SSSR count). The molecule has 3 heterocycles. The molecule has 2 N–H and O–H groups in total. The molecule has 160 valence electrons. The van der Waals surface area contributed by atoms with Crippen molar-refractivity contribution in [1.29, 1.82) is 0 Å². The van der Waals surface area contributed by atoms with Gasteiger partial charge in [-0.05, 0) is 46.6 Å². The zero-order valence-electron chi connectivity index (χ0n) is 17.2. The monoisotopic (exact) mass is 557 g/mol. The zero-order valence-corrected chi connectivity index (χ0v) is 21.0. The minimum absolute atomic E-state index is 0.120. The minimum atomic E-state index is -0.487. The van der Waals surface area contributed by atoms with Crippen LogP contribution in [0, 0.1) is 6.92 Å². The second kappa shape index (κ2) is 8.54. The number of pyridine rings is 1. The molecule has 30 heavy (non-hydrogen) atoms. The summed E-state index contributed by atoms with van der Waals surface area (Å²) in [4.78, 5) is 21.4. The standard InChI is InChI=1S/C20H24IN5O2S2/c1-11-10-29-18(23-11)15-9-22-17-14(5-6-26(17)30-21)16(15)24-12-7-13(8-12)25-19(27)28-20(2,3)4/h5-6,9-10,12-13H,7-8H2,1-4H3,(H,22,24)(H,25,27). The summed E-state index contributed by atoms with van der Waals surface area (Å²) in [5.41, 5.74) is 3.52. The van der Waals surface area contributed by atoms with Gasteiger partial charge in [-0.15, -0.1) is 11.3 Å². The van der Waals surface area contributed by atoms with Crippen LogP contribution in [-0.4, -0.2) is 37.7 Å². The van der Waals surface area contributed by atoms with Crippen LogP contribution in [0.1, 0.15) is 39.3 Å². The van der Waals surface area contributed by atoms with Crippen molar-refractivity contribution >= 4 is 64.5 Å². The van der Waals surface area contributed by atoms with Gasteiger partial charge in [0, 0.05) is 71.3 Å². The fraction of sp³-hybridized carbons (Fsp3) is 0.450. The Bertz CT molecular complexity index is 1070. The second-order valence-corrected chi connectivity index (χ2v) is 11.0. The first-order valence-corrected chi connectivity index (χ1v) is 13.9. The first-order chi connectivity index (χ1) is 14.2. The van der Waals surface area contributed by atoms with Gasteiger partial charge in [-0.25, -0.2) is 14.8 Å². The summed E-state index contributed by atoms with van der Waals surface area (Å²) in [5, 5.41) is 10.7. The molecule has 1 aliphatic rings. The summed E-state index contributed by atoms with van der Waals surface area (Å²) < 4.78 is 7.41. The molecular weight excluding hydrogens is 533 g/mol. The van der Waals surface area contributed by atoms with E-state index in [4.69, 9.17) is 4.74 Å². The number of carbonyl (C=O) groups is 1. The Hall–Kier alpha value is -1.53. The maximum Gasteiger partial charge on any atom is 0.407 e. The molecule has 0 aromatic carbocycles. The lowest BCUT2D eigenvalue weighted by atomic mass is 9.86. The molecule has 3 aromatic rings. The molecule has 0 aliphatic heterocycles. The highest BCUT2D eigenvalue weighted by Gasteiger charge is 2.32. The summed E-state index contributed by atoms with van der Waals surface area (Å²) in [6.45, 7) is 7.61. The van der Waals surface area contributed by atoms with Crippen molar-refractivity contribution in [1.82, 2.24) is 19.3 Å². The van der Waals surface area contributed by atoms with Crippen LogP contribution in [-0.2, 0) is 4.74 Å². The van der Waals surface area contributed by atoms with Gasteiger partial charge in [-0.1, -0.05) is 0 Å². The number of alkyl carbamates (subject to hydrolysis) is 1.